The highest BCUT2D eigenvalue weighted by molar-refractivity contribution is 6.00. The quantitative estimate of drug-likeness (QED) is 0.411. The van der Waals surface area contributed by atoms with Crippen LogP contribution in [0.1, 0.15) is 10.4 Å². The van der Waals surface area contributed by atoms with Gasteiger partial charge in [0.05, 0.1) is 17.6 Å². The van der Waals surface area contributed by atoms with Crippen molar-refractivity contribution in [3.8, 4) is 5.69 Å². The number of hydrogen-bond donors (Lipinski definition) is 3. The summed E-state index contributed by atoms with van der Waals surface area (Å²) in [5.74, 6) is -0.681. The first-order valence-electron chi connectivity index (χ1n) is 9.58. The van der Waals surface area contributed by atoms with Crippen molar-refractivity contribution in [1.29, 1.82) is 0 Å². The van der Waals surface area contributed by atoms with Crippen molar-refractivity contribution in [3.05, 3.63) is 78.6 Å². The van der Waals surface area contributed by atoms with Crippen molar-refractivity contribution >= 4 is 39.6 Å². The maximum atomic E-state index is 12.3. The molecule has 2 aromatic heterocycles. The van der Waals surface area contributed by atoms with Gasteiger partial charge in [-0.1, -0.05) is 12.1 Å². The third-order valence-corrected chi connectivity index (χ3v) is 4.87. The molecular weight excluding hydrogens is 394 g/mol. The van der Waals surface area contributed by atoms with Gasteiger partial charge in [0.2, 0.25) is 5.91 Å². The topological polar surface area (TPSA) is 118 Å². The summed E-state index contributed by atoms with van der Waals surface area (Å²) in [6, 6.07) is 20.2. The van der Waals surface area contributed by atoms with E-state index in [9.17, 15) is 9.59 Å². The summed E-state index contributed by atoms with van der Waals surface area (Å²) in [6.45, 7) is -0.149. The lowest BCUT2D eigenvalue weighted by Gasteiger charge is -2.09. The summed E-state index contributed by atoms with van der Waals surface area (Å²) < 4.78 is 1.98. The Morgan fingerprint density at radius 2 is 1.71 bits per heavy atom. The number of anilines is 1. The summed E-state index contributed by atoms with van der Waals surface area (Å²) in [5, 5.41) is 15.8. The molecule has 0 saturated heterocycles. The maximum absolute atomic E-state index is 12.3. The number of imidazole rings is 1. The van der Waals surface area contributed by atoms with Gasteiger partial charge in [0.25, 0.3) is 5.91 Å². The van der Waals surface area contributed by atoms with Crippen molar-refractivity contribution < 1.29 is 9.59 Å². The molecule has 9 nitrogen and oxygen atoms in total. The normalized spacial score (nSPS) is 11.0. The Morgan fingerprint density at radius 1 is 0.903 bits per heavy atom. The van der Waals surface area contributed by atoms with Crippen LogP contribution in [0.25, 0.3) is 27.8 Å². The van der Waals surface area contributed by atoms with Gasteiger partial charge in [-0.2, -0.15) is 15.4 Å². The molecule has 0 saturated carbocycles. The van der Waals surface area contributed by atoms with E-state index >= 15 is 0 Å². The first-order valence-corrected chi connectivity index (χ1v) is 9.58. The van der Waals surface area contributed by atoms with Crippen LogP contribution < -0.4 is 10.6 Å². The van der Waals surface area contributed by atoms with Gasteiger partial charge in [0, 0.05) is 16.9 Å². The molecule has 0 unspecified atom stereocenters. The van der Waals surface area contributed by atoms with E-state index in [4.69, 9.17) is 0 Å². The molecule has 3 N–H and O–H groups in total. The molecular formula is C22H17N7O2. The monoisotopic (exact) mass is 411 g/mol. The molecule has 31 heavy (non-hydrogen) atoms. The van der Waals surface area contributed by atoms with Crippen molar-refractivity contribution in [2.24, 2.45) is 0 Å². The number of aromatic nitrogens is 5. The van der Waals surface area contributed by atoms with E-state index in [1.54, 1.807) is 24.5 Å². The Bertz CT molecular complexity index is 1400. The van der Waals surface area contributed by atoms with E-state index in [1.165, 1.54) is 0 Å². The standard InChI is InChI=1S/C22H17N7O2/c30-21(12-23-22(31)14-5-10-17-19(11-14)27-28-26-17)25-15-6-8-16(9-7-15)29-13-24-18-3-1-2-4-20(18)29/h1-11,13H,12H2,(H,23,31)(H,25,30)(H,26,27,28). The molecule has 0 spiro atoms. The molecule has 0 radical (unpaired) electrons. The molecule has 3 aromatic carbocycles. The number of H-pyrrole nitrogens is 1. The average Bonchev–Trinajstić information content (AvgIpc) is 3.44. The van der Waals surface area contributed by atoms with Crippen LogP contribution in [-0.4, -0.2) is 43.3 Å². The van der Waals surface area contributed by atoms with Crippen LogP contribution in [0.4, 0.5) is 5.69 Å². The first kappa shape index (κ1) is 18.5. The van der Waals surface area contributed by atoms with Crippen LogP contribution in [0.2, 0.25) is 0 Å². The second-order valence-corrected chi connectivity index (χ2v) is 6.91. The third kappa shape index (κ3) is 3.71. The molecule has 5 aromatic rings. The van der Waals surface area contributed by atoms with Gasteiger partial charge in [-0.3, -0.25) is 14.2 Å². The van der Waals surface area contributed by atoms with Gasteiger partial charge in [0.15, 0.2) is 0 Å². The van der Waals surface area contributed by atoms with E-state index in [2.05, 4.69) is 31.0 Å². The Hall–Kier alpha value is -4.53. The Labute approximate surface area is 176 Å². The number of hydrogen-bond acceptors (Lipinski definition) is 5. The van der Waals surface area contributed by atoms with Crippen molar-refractivity contribution in [2.75, 3.05) is 11.9 Å². The van der Waals surface area contributed by atoms with E-state index in [-0.39, 0.29) is 18.4 Å². The zero-order valence-electron chi connectivity index (χ0n) is 16.2. The molecule has 152 valence electrons. The average molecular weight is 411 g/mol. The molecule has 0 aliphatic heterocycles. The lowest BCUT2D eigenvalue weighted by molar-refractivity contribution is -0.115. The first-order chi connectivity index (χ1) is 15.2. The lowest BCUT2D eigenvalue weighted by Crippen LogP contribution is -2.32. The van der Waals surface area contributed by atoms with E-state index < -0.39 is 0 Å². The van der Waals surface area contributed by atoms with E-state index in [1.807, 2.05) is 53.1 Å². The fraction of sp³-hybridized carbons (Fsp3) is 0.0455. The molecule has 0 atom stereocenters. The van der Waals surface area contributed by atoms with Crippen LogP contribution in [0.5, 0.6) is 0 Å². The summed E-state index contributed by atoms with van der Waals surface area (Å²) in [7, 11) is 0. The molecule has 5 rings (SSSR count). The number of para-hydroxylation sites is 2. The molecule has 0 fully saturated rings. The minimum atomic E-state index is -0.359. The second-order valence-electron chi connectivity index (χ2n) is 6.91. The number of benzene rings is 3. The largest absolute Gasteiger partial charge is 0.343 e. The molecule has 2 amide bonds. The Balaban J connectivity index is 1.21. The van der Waals surface area contributed by atoms with Crippen LogP contribution in [0.3, 0.4) is 0 Å². The molecule has 0 bridgehead atoms. The SMILES string of the molecule is O=C(CNC(=O)c1ccc2n[nH]nc2c1)Nc1ccc(-n2cnc3ccccc32)cc1. The number of nitrogens with one attached hydrogen (secondary N) is 3. The van der Waals surface area contributed by atoms with Crippen molar-refractivity contribution in [1.82, 2.24) is 30.3 Å². The zero-order chi connectivity index (χ0) is 21.2. The summed E-state index contributed by atoms with van der Waals surface area (Å²) in [4.78, 5) is 28.9. The maximum Gasteiger partial charge on any atom is 0.251 e. The Kier molecular flexibility index (Phi) is 4.60. The number of carbonyl (C=O) groups is 2. The second kappa shape index (κ2) is 7.71. The smallest absolute Gasteiger partial charge is 0.251 e. The van der Waals surface area contributed by atoms with Gasteiger partial charge in [-0.15, -0.1) is 0 Å². The number of carbonyl (C=O) groups excluding carboxylic acids is 2. The highest BCUT2D eigenvalue weighted by Crippen LogP contribution is 2.19. The highest BCUT2D eigenvalue weighted by Gasteiger charge is 2.10. The molecule has 0 aliphatic carbocycles. The zero-order valence-corrected chi connectivity index (χ0v) is 16.2. The predicted octanol–water partition coefficient (Wildman–Crippen LogP) is 2.67. The fourth-order valence-electron chi connectivity index (χ4n) is 3.32. The Morgan fingerprint density at radius 3 is 2.58 bits per heavy atom. The van der Waals surface area contributed by atoms with Gasteiger partial charge < -0.3 is 10.6 Å². The number of nitrogens with zero attached hydrogens (tertiary/aromatic N) is 4. The number of amides is 2. The van der Waals surface area contributed by atoms with Crippen LogP contribution in [-0.2, 0) is 4.79 Å². The molecule has 9 heteroatoms. The number of aromatic amines is 1. The lowest BCUT2D eigenvalue weighted by atomic mass is 10.2. The number of rotatable bonds is 5. The van der Waals surface area contributed by atoms with Gasteiger partial charge in [-0.25, -0.2) is 4.98 Å². The van der Waals surface area contributed by atoms with E-state index in [0.29, 0.717) is 22.3 Å². The van der Waals surface area contributed by atoms with Gasteiger partial charge >= 0.3 is 0 Å². The summed E-state index contributed by atoms with van der Waals surface area (Å²) >= 11 is 0. The summed E-state index contributed by atoms with van der Waals surface area (Å²) in [5.41, 5.74) is 5.15. The minimum absolute atomic E-state index is 0.149. The van der Waals surface area contributed by atoms with Gasteiger partial charge in [0.1, 0.15) is 17.4 Å². The third-order valence-electron chi connectivity index (χ3n) is 4.87. The summed E-state index contributed by atoms with van der Waals surface area (Å²) in [6.07, 6.45) is 1.77. The minimum Gasteiger partial charge on any atom is -0.343 e. The van der Waals surface area contributed by atoms with Crippen LogP contribution in [0, 0.1) is 0 Å². The van der Waals surface area contributed by atoms with Crippen LogP contribution in [0.15, 0.2) is 73.1 Å². The molecule has 2 heterocycles. The van der Waals surface area contributed by atoms with Crippen molar-refractivity contribution in [2.45, 2.75) is 0 Å². The molecule has 0 aliphatic rings. The van der Waals surface area contributed by atoms with Crippen LogP contribution >= 0.6 is 0 Å². The van der Waals surface area contributed by atoms with E-state index in [0.717, 1.165) is 16.7 Å². The van der Waals surface area contributed by atoms with Gasteiger partial charge in [-0.05, 0) is 54.6 Å². The van der Waals surface area contributed by atoms with Crippen molar-refractivity contribution in [3.63, 3.8) is 0 Å². The number of fused-ring (bicyclic) bond motifs is 2. The fourth-order valence-corrected chi connectivity index (χ4v) is 3.32. The predicted molar refractivity (Wildman–Crippen MR) is 116 cm³/mol. The highest BCUT2D eigenvalue weighted by atomic mass is 16.2.